The standard InChI is InChI=1S/C25H32N2O4/c1-4-7-8-12-17-31-25(29)21-14-11-9-10-13-20(21)24(28)22-16-15-19(18-23(22)26-30)27(5-2)6-3/h9,11,13-16,18H,4-8,10,12,17H2,1-3H3. The number of Topliss-reactive ketones (excluding diaryl/α,β-unsaturated/α-hetero) is 1. The second kappa shape index (κ2) is 12.6. The first-order chi connectivity index (χ1) is 15.1. The molecule has 0 aliphatic heterocycles. The van der Waals surface area contributed by atoms with Gasteiger partial charge in [0, 0.05) is 24.4 Å². The number of ether oxygens (including phenoxy) is 1. The Morgan fingerprint density at radius 2 is 1.84 bits per heavy atom. The summed E-state index contributed by atoms with van der Waals surface area (Å²) < 4.78 is 5.41. The minimum Gasteiger partial charge on any atom is -0.462 e. The number of carbonyl (C=O) groups is 2. The Kier molecular flexibility index (Phi) is 9.88. The van der Waals surface area contributed by atoms with E-state index in [0.29, 0.717) is 13.0 Å². The van der Waals surface area contributed by atoms with Crippen molar-refractivity contribution in [1.29, 1.82) is 0 Å². The van der Waals surface area contributed by atoms with E-state index in [9.17, 15) is 14.5 Å². The van der Waals surface area contributed by atoms with Crippen molar-refractivity contribution in [2.45, 2.75) is 52.9 Å². The highest BCUT2D eigenvalue weighted by Gasteiger charge is 2.25. The van der Waals surface area contributed by atoms with Gasteiger partial charge in [-0.15, -0.1) is 4.91 Å². The minimum atomic E-state index is -0.525. The fraction of sp³-hybridized carbons (Fsp3) is 0.440. The van der Waals surface area contributed by atoms with Crippen LogP contribution >= 0.6 is 0 Å². The lowest BCUT2D eigenvalue weighted by Gasteiger charge is -2.21. The molecule has 1 aliphatic rings. The number of nitroso groups, excluding NO2 is 1. The van der Waals surface area contributed by atoms with E-state index in [1.807, 2.05) is 19.9 Å². The van der Waals surface area contributed by atoms with Crippen LogP contribution in [0, 0.1) is 4.91 Å². The maximum Gasteiger partial charge on any atom is 0.338 e. The average molecular weight is 425 g/mol. The molecule has 0 heterocycles. The Hall–Kier alpha value is -3.02. The second-order valence-electron chi connectivity index (χ2n) is 7.35. The van der Waals surface area contributed by atoms with E-state index < -0.39 is 11.8 Å². The first-order valence-electron chi connectivity index (χ1n) is 11.1. The number of rotatable bonds is 12. The molecule has 6 heteroatoms. The Balaban J connectivity index is 2.26. The smallest absolute Gasteiger partial charge is 0.338 e. The molecule has 2 rings (SSSR count). The quantitative estimate of drug-likeness (QED) is 0.177. The molecule has 1 aromatic rings. The monoisotopic (exact) mass is 424 g/mol. The fourth-order valence-corrected chi connectivity index (χ4v) is 3.51. The SMILES string of the molecule is CCCCCCOC(=O)C1=CC=CCC=C1C(=O)c1ccc(N(CC)CC)cc1N=O. The van der Waals surface area contributed by atoms with E-state index in [1.54, 1.807) is 36.4 Å². The van der Waals surface area contributed by atoms with Crippen molar-refractivity contribution in [3.8, 4) is 0 Å². The molecule has 6 nitrogen and oxygen atoms in total. The molecule has 0 spiro atoms. The third-order valence-corrected chi connectivity index (χ3v) is 5.30. The van der Waals surface area contributed by atoms with Crippen molar-refractivity contribution in [3.05, 3.63) is 64.1 Å². The van der Waals surface area contributed by atoms with Crippen LogP contribution in [0.4, 0.5) is 11.4 Å². The molecule has 1 aliphatic carbocycles. The zero-order valence-corrected chi connectivity index (χ0v) is 18.7. The average Bonchev–Trinajstić information content (AvgIpc) is 3.05. The van der Waals surface area contributed by atoms with Gasteiger partial charge < -0.3 is 9.64 Å². The van der Waals surface area contributed by atoms with Crippen LogP contribution in [0.1, 0.15) is 63.2 Å². The zero-order valence-electron chi connectivity index (χ0n) is 18.7. The highest BCUT2D eigenvalue weighted by molar-refractivity contribution is 6.19. The predicted octanol–water partition coefficient (Wildman–Crippen LogP) is 6.05. The van der Waals surface area contributed by atoms with Crippen LogP contribution in [0.2, 0.25) is 0 Å². The van der Waals surface area contributed by atoms with Crippen LogP contribution in [0.5, 0.6) is 0 Å². The Labute approximate surface area is 184 Å². The third kappa shape index (κ3) is 6.48. The van der Waals surface area contributed by atoms with Gasteiger partial charge in [0.1, 0.15) is 5.69 Å². The topological polar surface area (TPSA) is 76.0 Å². The number of carbonyl (C=O) groups excluding carboxylic acids is 2. The number of benzene rings is 1. The summed E-state index contributed by atoms with van der Waals surface area (Å²) in [5.74, 6) is -0.929. The van der Waals surface area contributed by atoms with Gasteiger partial charge in [-0.05, 0) is 56.1 Å². The fourth-order valence-electron chi connectivity index (χ4n) is 3.51. The van der Waals surface area contributed by atoms with Gasteiger partial charge in [0.2, 0.25) is 0 Å². The summed E-state index contributed by atoms with van der Waals surface area (Å²) >= 11 is 0. The number of esters is 1. The van der Waals surface area contributed by atoms with Crippen LogP contribution in [-0.2, 0) is 9.53 Å². The zero-order chi connectivity index (χ0) is 22.6. The minimum absolute atomic E-state index is 0.0692. The summed E-state index contributed by atoms with van der Waals surface area (Å²) in [5.41, 5.74) is 1.53. The molecule has 0 N–H and O–H groups in total. The molecular weight excluding hydrogens is 392 g/mol. The lowest BCUT2D eigenvalue weighted by atomic mass is 9.94. The van der Waals surface area contributed by atoms with E-state index in [0.717, 1.165) is 44.5 Å². The van der Waals surface area contributed by atoms with Gasteiger partial charge in [0.15, 0.2) is 5.78 Å². The molecule has 0 bridgehead atoms. The highest BCUT2D eigenvalue weighted by atomic mass is 16.5. The maximum atomic E-state index is 13.3. The summed E-state index contributed by atoms with van der Waals surface area (Å²) in [6.45, 7) is 8.02. The van der Waals surface area contributed by atoms with E-state index in [-0.39, 0.29) is 22.4 Å². The summed E-state index contributed by atoms with van der Waals surface area (Å²) in [7, 11) is 0. The van der Waals surface area contributed by atoms with Gasteiger partial charge in [-0.3, -0.25) is 4.79 Å². The Morgan fingerprint density at radius 3 is 2.52 bits per heavy atom. The highest BCUT2D eigenvalue weighted by Crippen LogP contribution is 2.30. The van der Waals surface area contributed by atoms with Crippen molar-refractivity contribution >= 4 is 23.1 Å². The Morgan fingerprint density at radius 1 is 1.06 bits per heavy atom. The van der Waals surface area contributed by atoms with Gasteiger partial charge >= 0.3 is 5.97 Å². The van der Waals surface area contributed by atoms with Crippen molar-refractivity contribution in [2.24, 2.45) is 5.18 Å². The van der Waals surface area contributed by atoms with Gasteiger partial charge in [0.05, 0.1) is 17.7 Å². The molecule has 0 atom stereocenters. The van der Waals surface area contributed by atoms with Crippen LogP contribution in [-0.4, -0.2) is 31.4 Å². The van der Waals surface area contributed by atoms with Crippen molar-refractivity contribution < 1.29 is 14.3 Å². The van der Waals surface area contributed by atoms with Crippen LogP contribution in [0.3, 0.4) is 0 Å². The van der Waals surface area contributed by atoms with Crippen LogP contribution in [0.15, 0.2) is 58.8 Å². The lowest BCUT2D eigenvalue weighted by molar-refractivity contribution is -0.138. The summed E-state index contributed by atoms with van der Waals surface area (Å²) in [4.78, 5) is 39.6. The summed E-state index contributed by atoms with van der Waals surface area (Å²) in [6.07, 6.45) is 11.4. The number of allylic oxidation sites excluding steroid dienone is 4. The van der Waals surface area contributed by atoms with E-state index in [4.69, 9.17) is 4.74 Å². The molecule has 0 saturated carbocycles. The molecule has 0 saturated heterocycles. The largest absolute Gasteiger partial charge is 0.462 e. The maximum absolute atomic E-state index is 13.3. The van der Waals surface area contributed by atoms with E-state index in [2.05, 4.69) is 17.0 Å². The van der Waals surface area contributed by atoms with Crippen molar-refractivity contribution in [2.75, 3.05) is 24.6 Å². The number of hydrogen-bond acceptors (Lipinski definition) is 6. The normalized spacial score (nSPS) is 13.1. The Bertz CT molecular complexity index is 880. The molecule has 0 unspecified atom stereocenters. The summed E-state index contributed by atoms with van der Waals surface area (Å²) in [5, 5.41) is 3.09. The van der Waals surface area contributed by atoms with Crippen LogP contribution < -0.4 is 4.90 Å². The molecule has 0 amide bonds. The van der Waals surface area contributed by atoms with E-state index in [1.165, 1.54) is 0 Å². The number of hydrogen-bond donors (Lipinski definition) is 0. The second-order valence-corrected chi connectivity index (χ2v) is 7.35. The molecule has 1 aromatic carbocycles. The molecular formula is C25H32N2O4. The molecule has 31 heavy (non-hydrogen) atoms. The first kappa shape index (κ1) is 24.3. The van der Waals surface area contributed by atoms with Gasteiger partial charge in [-0.1, -0.05) is 44.4 Å². The molecule has 0 radical (unpaired) electrons. The van der Waals surface area contributed by atoms with Gasteiger partial charge in [-0.2, -0.15) is 0 Å². The number of unbranched alkanes of at least 4 members (excludes halogenated alkanes) is 3. The van der Waals surface area contributed by atoms with Gasteiger partial charge in [-0.25, -0.2) is 4.79 Å². The lowest BCUT2D eigenvalue weighted by Crippen LogP contribution is -2.22. The van der Waals surface area contributed by atoms with Gasteiger partial charge in [0.25, 0.3) is 0 Å². The first-order valence-corrected chi connectivity index (χ1v) is 11.1. The molecule has 0 fully saturated rings. The van der Waals surface area contributed by atoms with Crippen molar-refractivity contribution in [3.63, 3.8) is 0 Å². The van der Waals surface area contributed by atoms with Crippen LogP contribution in [0.25, 0.3) is 0 Å². The molecule has 0 aromatic heterocycles. The molecule has 166 valence electrons. The van der Waals surface area contributed by atoms with E-state index >= 15 is 0 Å². The van der Waals surface area contributed by atoms with Crippen molar-refractivity contribution in [1.82, 2.24) is 0 Å². The third-order valence-electron chi connectivity index (χ3n) is 5.30. The predicted molar refractivity (Wildman–Crippen MR) is 125 cm³/mol. The number of nitrogens with zero attached hydrogens (tertiary/aromatic N) is 2. The summed E-state index contributed by atoms with van der Waals surface area (Å²) in [6, 6.07) is 5.04. The number of anilines is 1. The number of ketones is 1.